The van der Waals surface area contributed by atoms with Crippen molar-refractivity contribution in [3.63, 3.8) is 0 Å². The summed E-state index contributed by atoms with van der Waals surface area (Å²) >= 11 is 0. The molecule has 15 heteroatoms. The van der Waals surface area contributed by atoms with Crippen molar-refractivity contribution in [1.82, 2.24) is 29.9 Å². The number of carbonyl (C=O) groups excluding carboxylic acids is 1. The molecule has 0 spiro atoms. The summed E-state index contributed by atoms with van der Waals surface area (Å²) in [6.07, 6.45) is -1.69. The smallest absolute Gasteiger partial charge is 0.255 e. The zero-order valence-corrected chi connectivity index (χ0v) is 22.1. The lowest BCUT2D eigenvalue weighted by atomic mass is 9.88. The Bertz CT molecular complexity index is 1360. The molecule has 0 radical (unpaired) electrons. The Morgan fingerprint density at radius 2 is 1.85 bits per heavy atom. The molecule has 1 aromatic carbocycles. The number of carbonyl (C=O) groups is 1. The minimum Gasteiger partial charge on any atom is -0.394 e. The predicted molar refractivity (Wildman–Crippen MR) is 134 cm³/mol. The number of H-pyrrole nitrogens is 1. The third-order valence-corrected chi connectivity index (χ3v) is 7.70. The summed E-state index contributed by atoms with van der Waals surface area (Å²) in [7, 11) is 0. The number of aromatic amines is 1. The SMILES string of the molecule is Cc1nc(CN(C(=O)[C@@H]2O[C@H](CO)[C@H](O)[C@H](n3cc(-c4cc(F)c(F)c(F)c4)nn3)[C@H]2O)[C@H]2CCCC[C@@H]2O)c[nH]1. The zero-order valence-electron chi connectivity index (χ0n) is 22.1. The van der Waals surface area contributed by atoms with Crippen molar-refractivity contribution in [2.45, 2.75) is 81.8 Å². The molecular weight excluding hydrogens is 549 g/mol. The summed E-state index contributed by atoms with van der Waals surface area (Å²) in [5.41, 5.74) is 0.272. The Morgan fingerprint density at radius 3 is 2.49 bits per heavy atom. The lowest BCUT2D eigenvalue weighted by Gasteiger charge is -2.45. The van der Waals surface area contributed by atoms with Gasteiger partial charge >= 0.3 is 0 Å². The van der Waals surface area contributed by atoms with E-state index < -0.39 is 72.6 Å². The van der Waals surface area contributed by atoms with Crippen molar-refractivity contribution in [3.05, 3.63) is 53.5 Å². The molecule has 12 nitrogen and oxygen atoms in total. The number of halogens is 3. The predicted octanol–water partition coefficient (Wildman–Crippen LogP) is 0.749. The highest BCUT2D eigenvalue weighted by Crippen LogP contribution is 2.34. The number of hydrogen-bond donors (Lipinski definition) is 5. The molecule has 0 bridgehead atoms. The minimum atomic E-state index is -1.72. The van der Waals surface area contributed by atoms with Crippen molar-refractivity contribution >= 4 is 5.91 Å². The van der Waals surface area contributed by atoms with E-state index in [4.69, 9.17) is 4.74 Å². The van der Waals surface area contributed by atoms with Crippen molar-refractivity contribution < 1.29 is 43.1 Å². The highest BCUT2D eigenvalue weighted by atomic mass is 19.2. The average Bonchev–Trinajstić information content (AvgIpc) is 3.60. The lowest BCUT2D eigenvalue weighted by Crippen LogP contribution is -2.62. The number of aliphatic hydroxyl groups excluding tert-OH is 4. The first kappa shape index (κ1) is 29.1. The van der Waals surface area contributed by atoms with Crippen molar-refractivity contribution in [3.8, 4) is 11.3 Å². The monoisotopic (exact) mass is 580 g/mol. The molecular formula is C26H31F3N6O6. The van der Waals surface area contributed by atoms with Crippen molar-refractivity contribution in [2.24, 2.45) is 0 Å². The summed E-state index contributed by atoms with van der Waals surface area (Å²) in [6, 6.07) is -0.534. The fourth-order valence-corrected chi connectivity index (χ4v) is 5.58. The van der Waals surface area contributed by atoms with Crippen LogP contribution in [0.3, 0.4) is 0 Å². The lowest BCUT2D eigenvalue weighted by molar-refractivity contribution is -0.214. The first-order valence-corrected chi connectivity index (χ1v) is 13.3. The Morgan fingerprint density at radius 1 is 1.15 bits per heavy atom. The Labute approximate surface area is 232 Å². The van der Waals surface area contributed by atoms with E-state index in [0.29, 0.717) is 24.4 Å². The highest BCUT2D eigenvalue weighted by molar-refractivity contribution is 5.82. The van der Waals surface area contributed by atoms with Gasteiger partial charge in [-0.3, -0.25) is 4.79 Å². The number of amides is 1. The van der Waals surface area contributed by atoms with Crippen LogP contribution in [0.4, 0.5) is 13.2 Å². The molecule has 1 saturated heterocycles. The summed E-state index contributed by atoms with van der Waals surface area (Å²) in [6.45, 7) is 1.04. The molecule has 2 aliphatic rings. The second-order valence-corrected chi connectivity index (χ2v) is 10.4. The van der Waals surface area contributed by atoms with E-state index in [-0.39, 0.29) is 17.8 Å². The zero-order chi connectivity index (χ0) is 29.4. The molecule has 0 unspecified atom stereocenters. The number of aliphatic hydroxyl groups is 4. The van der Waals surface area contributed by atoms with Gasteiger partial charge in [0.05, 0.1) is 37.2 Å². The number of aromatic nitrogens is 5. The molecule has 5 N–H and O–H groups in total. The van der Waals surface area contributed by atoms with Gasteiger partial charge in [-0.25, -0.2) is 22.8 Å². The third-order valence-electron chi connectivity index (χ3n) is 7.70. The number of imidazole rings is 1. The van der Waals surface area contributed by atoms with Crippen LogP contribution in [0.5, 0.6) is 0 Å². The normalized spacial score (nSPS) is 28.5. The summed E-state index contributed by atoms with van der Waals surface area (Å²) in [5.74, 6) is -4.60. The van der Waals surface area contributed by atoms with E-state index in [1.165, 1.54) is 11.1 Å². The molecule has 2 fully saturated rings. The van der Waals surface area contributed by atoms with Crippen molar-refractivity contribution in [1.29, 1.82) is 0 Å². The van der Waals surface area contributed by atoms with Crippen LogP contribution in [-0.2, 0) is 16.1 Å². The molecule has 1 aliphatic heterocycles. The second-order valence-electron chi connectivity index (χ2n) is 10.4. The largest absolute Gasteiger partial charge is 0.394 e. The van der Waals surface area contributed by atoms with Crippen LogP contribution >= 0.6 is 0 Å². The Kier molecular flexibility index (Phi) is 8.42. The van der Waals surface area contributed by atoms with Gasteiger partial charge in [0.25, 0.3) is 5.91 Å². The molecule has 7 atom stereocenters. The Hall–Kier alpha value is -3.37. The average molecular weight is 581 g/mol. The molecule has 3 aromatic rings. The Balaban J connectivity index is 1.46. The molecule has 41 heavy (non-hydrogen) atoms. The first-order chi connectivity index (χ1) is 19.6. The quantitative estimate of drug-likeness (QED) is 0.253. The standard InChI is InChI=1S/C26H31F3N6O6/c1-12-30-8-14(31-12)9-34(18-4-2-3-5-19(18)37)26(40)25-24(39)22(23(38)20(11-36)41-25)35-10-17(32-33-35)13-6-15(27)21(29)16(28)7-13/h6-8,10,18-20,22-25,36-39H,2-5,9,11H2,1H3,(H,30,31)/t18-,19-,20+,22-,23-,24+,25+/m0/s1. The van der Waals surface area contributed by atoms with Crippen LogP contribution < -0.4 is 0 Å². The molecule has 1 saturated carbocycles. The first-order valence-electron chi connectivity index (χ1n) is 13.3. The summed E-state index contributed by atoms with van der Waals surface area (Å²) in [5, 5.41) is 50.7. The van der Waals surface area contributed by atoms with Crippen LogP contribution in [0.15, 0.2) is 24.5 Å². The maximum atomic E-state index is 14.0. The van der Waals surface area contributed by atoms with Crippen molar-refractivity contribution in [2.75, 3.05) is 6.61 Å². The van der Waals surface area contributed by atoms with Gasteiger partial charge in [-0.1, -0.05) is 18.1 Å². The van der Waals surface area contributed by atoms with E-state index in [0.717, 1.165) is 29.7 Å². The minimum absolute atomic E-state index is 0.00363. The topological polar surface area (TPSA) is 170 Å². The van der Waals surface area contributed by atoms with E-state index in [1.807, 2.05) is 0 Å². The molecule has 222 valence electrons. The van der Waals surface area contributed by atoms with Crippen LogP contribution in [0, 0.1) is 24.4 Å². The van der Waals surface area contributed by atoms with Gasteiger partial charge in [-0.05, 0) is 31.9 Å². The van der Waals surface area contributed by atoms with Gasteiger partial charge in [0.15, 0.2) is 23.6 Å². The van der Waals surface area contributed by atoms with Gasteiger partial charge in [0.2, 0.25) is 0 Å². The number of aryl methyl sites for hydroxylation is 1. The molecule has 3 heterocycles. The fourth-order valence-electron chi connectivity index (χ4n) is 5.58. The van der Waals surface area contributed by atoms with E-state index in [2.05, 4.69) is 20.3 Å². The fraction of sp³-hybridized carbons (Fsp3) is 0.538. The third kappa shape index (κ3) is 5.72. The van der Waals surface area contributed by atoms with E-state index in [1.54, 1.807) is 13.1 Å². The van der Waals surface area contributed by atoms with Gasteiger partial charge in [-0.2, -0.15) is 0 Å². The summed E-state index contributed by atoms with van der Waals surface area (Å²) in [4.78, 5) is 22.7. The number of rotatable bonds is 7. The van der Waals surface area contributed by atoms with Crippen LogP contribution in [0.25, 0.3) is 11.3 Å². The van der Waals surface area contributed by atoms with E-state index >= 15 is 0 Å². The number of benzene rings is 1. The highest BCUT2D eigenvalue weighted by Gasteiger charge is 2.50. The maximum absolute atomic E-state index is 14.0. The van der Waals surface area contributed by atoms with Crippen LogP contribution in [0.2, 0.25) is 0 Å². The van der Waals surface area contributed by atoms with Gasteiger partial charge in [0.1, 0.15) is 35.9 Å². The molecule has 1 aliphatic carbocycles. The molecule has 1 amide bonds. The van der Waals surface area contributed by atoms with Crippen LogP contribution in [0.1, 0.15) is 43.2 Å². The van der Waals surface area contributed by atoms with Gasteiger partial charge in [0, 0.05) is 11.8 Å². The van der Waals surface area contributed by atoms with Crippen LogP contribution in [-0.4, -0.2) is 99.4 Å². The van der Waals surface area contributed by atoms with E-state index in [9.17, 15) is 38.4 Å². The number of ether oxygens (including phenoxy) is 1. The molecule has 2 aromatic heterocycles. The number of nitrogens with one attached hydrogen (secondary N) is 1. The van der Waals surface area contributed by atoms with Gasteiger partial charge < -0.3 is 35.0 Å². The number of nitrogens with zero attached hydrogens (tertiary/aromatic N) is 5. The van der Waals surface area contributed by atoms with Gasteiger partial charge in [-0.15, -0.1) is 5.10 Å². The summed E-state index contributed by atoms with van der Waals surface area (Å²) < 4.78 is 47.8. The maximum Gasteiger partial charge on any atom is 0.255 e. The molecule has 5 rings (SSSR count). The second kappa shape index (κ2) is 11.9. The number of hydrogen-bond acceptors (Lipinski definition) is 9.